The van der Waals surface area contributed by atoms with E-state index in [1.165, 1.54) is 6.07 Å². The van der Waals surface area contributed by atoms with Gasteiger partial charge in [0.05, 0.1) is 0 Å². The summed E-state index contributed by atoms with van der Waals surface area (Å²) in [5, 5.41) is 5.22. The SMILES string of the molecule is CCCCNC(=O)C1(C(=O)Nc2ccc(F)c(F)c2)CC1. The molecule has 4 nitrogen and oxygen atoms in total. The summed E-state index contributed by atoms with van der Waals surface area (Å²) in [5.41, 5.74) is -0.912. The van der Waals surface area contributed by atoms with Crippen LogP contribution in [-0.4, -0.2) is 18.4 Å². The van der Waals surface area contributed by atoms with Crippen molar-refractivity contribution >= 4 is 17.5 Å². The molecule has 0 aromatic heterocycles. The highest BCUT2D eigenvalue weighted by atomic mass is 19.2. The summed E-state index contributed by atoms with van der Waals surface area (Å²) in [6, 6.07) is 3.10. The highest BCUT2D eigenvalue weighted by Gasteiger charge is 2.56. The molecule has 1 fully saturated rings. The fraction of sp³-hybridized carbons (Fsp3) is 0.467. The van der Waals surface area contributed by atoms with Crippen LogP contribution in [0.1, 0.15) is 32.6 Å². The lowest BCUT2D eigenvalue weighted by Gasteiger charge is -2.15. The summed E-state index contributed by atoms with van der Waals surface area (Å²) in [4.78, 5) is 24.2. The van der Waals surface area contributed by atoms with Crippen molar-refractivity contribution in [1.82, 2.24) is 5.32 Å². The van der Waals surface area contributed by atoms with E-state index in [0.29, 0.717) is 19.4 Å². The predicted molar refractivity (Wildman–Crippen MR) is 74.6 cm³/mol. The van der Waals surface area contributed by atoms with Gasteiger partial charge >= 0.3 is 0 Å². The number of carbonyl (C=O) groups is 2. The van der Waals surface area contributed by atoms with Gasteiger partial charge in [-0.15, -0.1) is 0 Å². The van der Waals surface area contributed by atoms with E-state index in [1.807, 2.05) is 6.92 Å². The molecule has 0 aliphatic heterocycles. The number of halogens is 2. The molecule has 0 spiro atoms. The minimum atomic E-state index is -1.06. The first kappa shape index (κ1) is 15.4. The first-order valence-electron chi connectivity index (χ1n) is 7.04. The molecule has 1 aromatic rings. The predicted octanol–water partition coefficient (Wildman–Crippen LogP) is 2.60. The first-order valence-corrected chi connectivity index (χ1v) is 7.04. The minimum Gasteiger partial charge on any atom is -0.355 e. The monoisotopic (exact) mass is 296 g/mol. The molecule has 6 heteroatoms. The number of benzene rings is 1. The van der Waals surface area contributed by atoms with Crippen molar-refractivity contribution in [2.24, 2.45) is 5.41 Å². The Morgan fingerprint density at radius 1 is 1.19 bits per heavy atom. The largest absolute Gasteiger partial charge is 0.355 e. The van der Waals surface area contributed by atoms with Crippen LogP contribution in [0.25, 0.3) is 0 Å². The number of carbonyl (C=O) groups excluding carboxylic acids is 2. The van der Waals surface area contributed by atoms with E-state index in [1.54, 1.807) is 0 Å². The molecule has 1 aliphatic carbocycles. The lowest BCUT2D eigenvalue weighted by atomic mass is 10.0. The molecule has 21 heavy (non-hydrogen) atoms. The topological polar surface area (TPSA) is 58.2 Å². The third-order valence-electron chi connectivity index (χ3n) is 3.61. The first-order chi connectivity index (χ1) is 9.99. The molecule has 1 aromatic carbocycles. The maximum atomic E-state index is 13.1. The second-order valence-electron chi connectivity index (χ2n) is 5.27. The summed E-state index contributed by atoms with van der Waals surface area (Å²) in [7, 11) is 0. The molecule has 0 atom stereocenters. The van der Waals surface area contributed by atoms with E-state index >= 15 is 0 Å². The van der Waals surface area contributed by atoms with Gasteiger partial charge in [0.15, 0.2) is 11.6 Å². The van der Waals surface area contributed by atoms with Crippen LogP contribution in [0.4, 0.5) is 14.5 Å². The van der Waals surface area contributed by atoms with Gasteiger partial charge in [-0.05, 0) is 31.4 Å². The van der Waals surface area contributed by atoms with Gasteiger partial charge in [0.2, 0.25) is 11.8 Å². The highest BCUT2D eigenvalue weighted by molar-refractivity contribution is 6.13. The van der Waals surface area contributed by atoms with Crippen LogP contribution < -0.4 is 10.6 Å². The number of unbranched alkanes of at least 4 members (excludes halogenated alkanes) is 1. The van der Waals surface area contributed by atoms with E-state index in [-0.39, 0.29) is 11.6 Å². The van der Waals surface area contributed by atoms with Gasteiger partial charge in [-0.25, -0.2) is 8.78 Å². The van der Waals surface area contributed by atoms with Crippen molar-refractivity contribution in [2.75, 3.05) is 11.9 Å². The van der Waals surface area contributed by atoms with E-state index in [9.17, 15) is 18.4 Å². The smallest absolute Gasteiger partial charge is 0.240 e. The summed E-state index contributed by atoms with van der Waals surface area (Å²) in [6.45, 7) is 2.55. The van der Waals surface area contributed by atoms with Gasteiger partial charge < -0.3 is 10.6 Å². The van der Waals surface area contributed by atoms with Crippen molar-refractivity contribution in [1.29, 1.82) is 0 Å². The van der Waals surface area contributed by atoms with E-state index in [0.717, 1.165) is 25.0 Å². The quantitative estimate of drug-likeness (QED) is 0.626. The number of hydrogen-bond donors (Lipinski definition) is 2. The lowest BCUT2D eigenvalue weighted by Crippen LogP contribution is -2.40. The van der Waals surface area contributed by atoms with Crippen LogP contribution in [0.2, 0.25) is 0 Å². The second-order valence-corrected chi connectivity index (χ2v) is 5.27. The maximum absolute atomic E-state index is 13.1. The van der Waals surface area contributed by atoms with Gasteiger partial charge in [-0.3, -0.25) is 9.59 Å². The second kappa shape index (κ2) is 6.20. The third kappa shape index (κ3) is 3.37. The molecule has 0 unspecified atom stereocenters. The number of hydrogen-bond acceptors (Lipinski definition) is 2. The maximum Gasteiger partial charge on any atom is 0.240 e. The molecule has 0 saturated heterocycles. The molecular weight excluding hydrogens is 278 g/mol. The fourth-order valence-corrected chi connectivity index (χ4v) is 2.05. The Morgan fingerprint density at radius 2 is 1.90 bits per heavy atom. The Labute approximate surface area is 121 Å². The zero-order valence-electron chi connectivity index (χ0n) is 11.8. The Bertz CT molecular complexity index is 557. The van der Waals surface area contributed by atoms with Crippen LogP contribution in [-0.2, 0) is 9.59 Å². The van der Waals surface area contributed by atoms with Crippen LogP contribution >= 0.6 is 0 Å². The highest BCUT2D eigenvalue weighted by Crippen LogP contribution is 2.46. The average Bonchev–Trinajstić information content (AvgIpc) is 3.25. The molecule has 2 N–H and O–H groups in total. The summed E-state index contributed by atoms with van der Waals surface area (Å²) < 4.78 is 25.9. The molecule has 1 aliphatic rings. The van der Waals surface area contributed by atoms with Crippen molar-refractivity contribution in [3.63, 3.8) is 0 Å². The van der Waals surface area contributed by atoms with Crippen molar-refractivity contribution in [3.8, 4) is 0 Å². The average molecular weight is 296 g/mol. The number of anilines is 1. The van der Waals surface area contributed by atoms with Crippen molar-refractivity contribution in [3.05, 3.63) is 29.8 Å². The lowest BCUT2D eigenvalue weighted by molar-refractivity contribution is -0.134. The van der Waals surface area contributed by atoms with E-state index < -0.39 is 23.0 Å². The normalized spacial score (nSPS) is 15.4. The van der Waals surface area contributed by atoms with Crippen molar-refractivity contribution in [2.45, 2.75) is 32.6 Å². The van der Waals surface area contributed by atoms with E-state index in [2.05, 4.69) is 10.6 Å². The molecule has 2 rings (SSSR count). The zero-order chi connectivity index (χ0) is 15.5. The van der Waals surface area contributed by atoms with Gasteiger partial charge in [-0.2, -0.15) is 0 Å². The molecule has 0 heterocycles. The van der Waals surface area contributed by atoms with Crippen LogP contribution in [0.15, 0.2) is 18.2 Å². The minimum absolute atomic E-state index is 0.145. The standard InChI is InChI=1S/C15H18F2N2O2/c1-2-3-8-18-13(20)15(6-7-15)14(21)19-10-4-5-11(16)12(17)9-10/h4-5,9H,2-3,6-8H2,1H3,(H,18,20)(H,19,21). The molecule has 2 amide bonds. The van der Waals surface area contributed by atoms with E-state index in [4.69, 9.17) is 0 Å². The van der Waals surface area contributed by atoms with Gasteiger partial charge in [0, 0.05) is 18.3 Å². The van der Waals surface area contributed by atoms with Crippen LogP contribution in [0.5, 0.6) is 0 Å². The van der Waals surface area contributed by atoms with Gasteiger partial charge in [-0.1, -0.05) is 13.3 Å². The Kier molecular flexibility index (Phi) is 4.55. The molecule has 114 valence electrons. The summed E-state index contributed by atoms with van der Waals surface area (Å²) >= 11 is 0. The zero-order valence-corrected chi connectivity index (χ0v) is 11.8. The fourth-order valence-electron chi connectivity index (χ4n) is 2.05. The Balaban J connectivity index is 1.99. The van der Waals surface area contributed by atoms with Crippen LogP contribution in [0.3, 0.4) is 0 Å². The molecule has 1 saturated carbocycles. The summed E-state index contributed by atoms with van der Waals surface area (Å²) in [6.07, 6.45) is 2.75. The molecule has 0 radical (unpaired) electrons. The summed E-state index contributed by atoms with van der Waals surface area (Å²) in [5.74, 6) is -2.78. The number of nitrogens with one attached hydrogen (secondary N) is 2. The van der Waals surface area contributed by atoms with Crippen molar-refractivity contribution < 1.29 is 18.4 Å². The van der Waals surface area contributed by atoms with Gasteiger partial charge in [0.1, 0.15) is 5.41 Å². The molecule has 0 bridgehead atoms. The Morgan fingerprint density at radius 3 is 2.48 bits per heavy atom. The van der Waals surface area contributed by atoms with Crippen LogP contribution in [0, 0.1) is 17.0 Å². The number of rotatable bonds is 6. The van der Waals surface area contributed by atoms with Gasteiger partial charge in [0.25, 0.3) is 0 Å². The number of amides is 2. The molecular formula is C15H18F2N2O2. The Hall–Kier alpha value is -1.98. The third-order valence-corrected chi connectivity index (χ3v) is 3.61.